The first-order valence-corrected chi connectivity index (χ1v) is 5.15. The van der Waals surface area contributed by atoms with E-state index in [1.54, 1.807) is 0 Å². The smallest absolute Gasteiger partial charge is 0.309 e. The molecule has 0 fully saturated rings. The van der Waals surface area contributed by atoms with Crippen LogP contribution in [0.5, 0.6) is 0 Å². The SMILES string of the molecule is CCC(C)(CCCC(C)C)C(=O)O. The van der Waals surface area contributed by atoms with E-state index < -0.39 is 11.4 Å². The lowest BCUT2D eigenvalue weighted by molar-refractivity contribution is -0.148. The van der Waals surface area contributed by atoms with Gasteiger partial charge in [-0.3, -0.25) is 4.79 Å². The summed E-state index contributed by atoms with van der Waals surface area (Å²) in [6, 6.07) is 0. The molecule has 0 saturated carbocycles. The molecule has 0 saturated heterocycles. The van der Waals surface area contributed by atoms with Crippen LogP contribution < -0.4 is 0 Å². The predicted molar refractivity (Wildman–Crippen MR) is 54.7 cm³/mol. The lowest BCUT2D eigenvalue weighted by atomic mass is 9.82. The molecule has 0 aromatic rings. The molecule has 0 bridgehead atoms. The van der Waals surface area contributed by atoms with Crippen LogP contribution in [0.2, 0.25) is 0 Å². The molecule has 0 heterocycles. The molecule has 0 amide bonds. The quantitative estimate of drug-likeness (QED) is 0.691. The Morgan fingerprint density at radius 2 is 2.00 bits per heavy atom. The van der Waals surface area contributed by atoms with Gasteiger partial charge in [0, 0.05) is 0 Å². The summed E-state index contributed by atoms with van der Waals surface area (Å²) in [5, 5.41) is 9.00. The zero-order valence-electron chi connectivity index (χ0n) is 9.26. The normalized spacial score (nSPS) is 15.8. The first kappa shape index (κ1) is 12.5. The second-order valence-electron chi connectivity index (χ2n) is 4.51. The minimum absolute atomic E-state index is 0.505. The van der Waals surface area contributed by atoms with Crippen LogP contribution in [0.15, 0.2) is 0 Å². The fourth-order valence-electron chi connectivity index (χ4n) is 1.34. The Bertz CT molecular complexity index is 163. The number of hydrogen-bond donors (Lipinski definition) is 1. The molecule has 1 unspecified atom stereocenters. The average Bonchev–Trinajstić information content (AvgIpc) is 2.03. The van der Waals surface area contributed by atoms with Crippen LogP contribution in [0.4, 0.5) is 0 Å². The topological polar surface area (TPSA) is 37.3 Å². The van der Waals surface area contributed by atoms with Crippen molar-refractivity contribution in [1.82, 2.24) is 0 Å². The lowest BCUT2D eigenvalue weighted by Crippen LogP contribution is -2.26. The van der Waals surface area contributed by atoms with Crippen molar-refractivity contribution in [2.24, 2.45) is 11.3 Å². The van der Waals surface area contributed by atoms with Gasteiger partial charge in [-0.25, -0.2) is 0 Å². The maximum atomic E-state index is 10.9. The molecule has 0 aliphatic carbocycles. The summed E-state index contributed by atoms with van der Waals surface area (Å²) in [4.78, 5) is 10.9. The van der Waals surface area contributed by atoms with Crippen molar-refractivity contribution < 1.29 is 9.90 Å². The molecule has 0 rings (SSSR count). The molecule has 13 heavy (non-hydrogen) atoms. The Kier molecular flexibility index (Phi) is 5.04. The molecule has 2 nitrogen and oxygen atoms in total. The zero-order chi connectivity index (χ0) is 10.5. The van der Waals surface area contributed by atoms with Gasteiger partial charge in [0.05, 0.1) is 5.41 Å². The van der Waals surface area contributed by atoms with Gasteiger partial charge in [-0.05, 0) is 25.7 Å². The largest absolute Gasteiger partial charge is 0.481 e. The highest BCUT2D eigenvalue weighted by Crippen LogP contribution is 2.28. The van der Waals surface area contributed by atoms with E-state index in [0.29, 0.717) is 5.92 Å². The van der Waals surface area contributed by atoms with Gasteiger partial charge in [-0.2, -0.15) is 0 Å². The summed E-state index contributed by atoms with van der Waals surface area (Å²) in [6.07, 6.45) is 3.68. The van der Waals surface area contributed by atoms with Crippen LogP contribution in [0, 0.1) is 11.3 Å². The third-order valence-electron chi connectivity index (χ3n) is 2.81. The van der Waals surface area contributed by atoms with Crippen molar-refractivity contribution in [3.05, 3.63) is 0 Å². The Balaban J connectivity index is 3.92. The van der Waals surface area contributed by atoms with Crippen LogP contribution in [-0.4, -0.2) is 11.1 Å². The minimum atomic E-state index is -0.654. The van der Waals surface area contributed by atoms with Gasteiger partial charge in [0.15, 0.2) is 0 Å². The van der Waals surface area contributed by atoms with Crippen LogP contribution in [-0.2, 0) is 4.79 Å². The van der Waals surface area contributed by atoms with E-state index in [1.165, 1.54) is 0 Å². The van der Waals surface area contributed by atoms with Crippen LogP contribution in [0.1, 0.15) is 53.4 Å². The van der Waals surface area contributed by atoms with Crippen molar-refractivity contribution in [2.45, 2.75) is 53.4 Å². The Morgan fingerprint density at radius 1 is 1.46 bits per heavy atom. The van der Waals surface area contributed by atoms with Gasteiger partial charge in [0.1, 0.15) is 0 Å². The summed E-state index contributed by atoms with van der Waals surface area (Å²) in [5.41, 5.74) is -0.505. The monoisotopic (exact) mass is 186 g/mol. The molecule has 1 N–H and O–H groups in total. The lowest BCUT2D eigenvalue weighted by Gasteiger charge is -2.23. The van der Waals surface area contributed by atoms with Crippen molar-refractivity contribution in [2.75, 3.05) is 0 Å². The molecule has 78 valence electrons. The molecule has 1 atom stereocenters. The standard InChI is InChI=1S/C11H22O2/c1-5-11(4,10(12)13)8-6-7-9(2)3/h9H,5-8H2,1-4H3,(H,12,13). The summed E-state index contributed by atoms with van der Waals surface area (Å²) in [7, 11) is 0. The van der Waals surface area contributed by atoms with Crippen LogP contribution in [0.3, 0.4) is 0 Å². The summed E-state index contributed by atoms with van der Waals surface area (Å²) in [5.74, 6) is 0.0219. The van der Waals surface area contributed by atoms with Gasteiger partial charge in [0.25, 0.3) is 0 Å². The fraction of sp³-hybridized carbons (Fsp3) is 0.909. The van der Waals surface area contributed by atoms with Gasteiger partial charge in [-0.1, -0.05) is 33.6 Å². The van der Waals surface area contributed by atoms with Gasteiger partial charge in [0.2, 0.25) is 0 Å². The maximum Gasteiger partial charge on any atom is 0.309 e. The van der Waals surface area contributed by atoms with E-state index in [1.807, 2.05) is 13.8 Å². The van der Waals surface area contributed by atoms with Crippen molar-refractivity contribution in [3.63, 3.8) is 0 Å². The van der Waals surface area contributed by atoms with Crippen molar-refractivity contribution in [1.29, 1.82) is 0 Å². The Morgan fingerprint density at radius 3 is 2.31 bits per heavy atom. The highest BCUT2D eigenvalue weighted by molar-refractivity contribution is 5.73. The van der Waals surface area contributed by atoms with Crippen LogP contribution >= 0.6 is 0 Å². The molecule has 0 aliphatic rings. The summed E-state index contributed by atoms with van der Waals surface area (Å²) >= 11 is 0. The van der Waals surface area contributed by atoms with E-state index in [2.05, 4.69) is 13.8 Å². The molecular formula is C11H22O2. The predicted octanol–water partition coefficient (Wildman–Crippen LogP) is 3.31. The highest BCUT2D eigenvalue weighted by Gasteiger charge is 2.30. The first-order chi connectivity index (χ1) is 5.92. The van der Waals surface area contributed by atoms with E-state index >= 15 is 0 Å². The number of carboxylic acid groups (broad SMARTS) is 1. The first-order valence-electron chi connectivity index (χ1n) is 5.15. The molecule has 0 aliphatic heterocycles. The van der Waals surface area contributed by atoms with Gasteiger partial charge >= 0.3 is 5.97 Å². The number of rotatable bonds is 6. The van der Waals surface area contributed by atoms with Crippen molar-refractivity contribution in [3.8, 4) is 0 Å². The number of carbonyl (C=O) groups is 1. The second kappa shape index (κ2) is 5.25. The molecule has 0 aromatic heterocycles. The molecule has 2 heteroatoms. The molecule has 0 aromatic carbocycles. The number of hydrogen-bond acceptors (Lipinski definition) is 1. The third kappa shape index (κ3) is 4.30. The highest BCUT2D eigenvalue weighted by atomic mass is 16.4. The Hall–Kier alpha value is -0.530. The third-order valence-corrected chi connectivity index (χ3v) is 2.81. The number of carboxylic acids is 1. The van der Waals surface area contributed by atoms with Gasteiger partial charge in [-0.15, -0.1) is 0 Å². The molecule has 0 spiro atoms. The van der Waals surface area contributed by atoms with Crippen LogP contribution in [0.25, 0.3) is 0 Å². The van der Waals surface area contributed by atoms with Gasteiger partial charge < -0.3 is 5.11 Å². The van der Waals surface area contributed by atoms with E-state index in [9.17, 15) is 4.79 Å². The van der Waals surface area contributed by atoms with Crippen molar-refractivity contribution >= 4 is 5.97 Å². The zero-order valence-corrected chi connectivity index (χ0v) is 9.26. The average molecular weight is 186 g/mol. The summed E-state index contributed by atoms with van der Waals surface area (Å²) < 4.78 is 0. The van der Waals surface area contributed by atoms with E-state index in [-0.39, 0.29) is 0 Å². The summed E-state index contributed by atoms with van der Waals surface area (Å²) in [6.45, 7) is 8.13. The number of aliphatic carboxylic acids is 1. The van der Waals surface area contributed by atoms with E-state index in [0.717, 1.165) is 25.7 Å². The minimum Gasteiger partial charge on any atom is -0.481 e. The molecular weight excluding hydrogens is 164 g/mol. The maximum absolute atomic E-state index is 10.9. The Labute approximate surface area is 81.3 Å². The fourth-order valence-corrected chi connectivity index (χ4v) is 1.34. The molecule has 0 radical (unpaired) electrons. The second-order valence-corrected chi connectivity index (χ2v) is 4.51. The van der Waals surface area contributed by atoms with E-state index in [4.69, 9.17) is 5.11 Å².